The van der Waals surface area contributed by atoms with Gasteiger partial charge in [0.2, 0.25) is 0 Å². The van der Waals surface area contributed by atoms with E-state index in [0.717, 1.165) is 10.9 Å². The number of hydrogen-bond acceptors (Lipinski definition) is 3. The first kappa shape index (κ1) is 15.0. The molecule has 5 heteroatoms. The van der Waals surface area contributed by atoms with Crippen LogP contribution < -0.4 is 10.9 Å². The van der Waals surface area contributed by atoms with Gasteiger partial charge in [-0.15, -0.1) is 0 Å². The number of nitrogens with zero attached hydrogens (tertiary/aromatic N) is 2. The summed E-state index contributed by atoms with van der Waals surface area (Å²) in [6.07, 6.45) is 1.50. The zero-order chi connectivity index (χ0) is 15.3. The molecule has 0 radical (unpaired) electrons. The van der Waals surface area contributed by atoms with Gasteiger partial charge in [-0.2, -0.15) is 0 Å². The Bertz CT molecular complexity index is 779. The molecule has 0 spiro atoms. The highest BCUT2D eigenvalue weighted by Gasteiger charge is 2.27. The van der Waals surface area contributed by atoms with E-state index in [9.17, 15) is 9.36 Å². The fourth-order valence-electron chi connectivity index (χ4n) is 2.42. The van der Waals surface area contributed by atoms with Gasteiger partial charge in [0.25, 0.3) is 5.56 Å². The highest BCUT2D eigenvalue weighted by atomic mass is 31.2. The van der Waals surface area contributed by atoms with Crippen LogP contribution in [0.2, 0.25) is 0 Å². The molecule has 20 heavy (non-hydrogen) atoms. The van der Waals surface area contributed by atoms with Crippen LogP contribution in [0.4, 0.5) is 0 Å². The predicted octanol–water partition coefficient (Wildman–Crippen LogP) is 2.48. The zero-order valence-electron chi connectivity index (χ0n) is 12.9. The Morgan fingerprint density at radius 2 is 1.80 bits per heavy atom. The predicted molar refractivity (Wildman–Crippen MR) is 84.8 cm³/mol. The van der Waals surface area contributed by atoms with Gasteiger partial charge in [-0.25, -0.2) is 4.98 Å². The van der Waals surface area contributed by atoms with Gasteiger partial charge in [-0.3, -0.25) is 4.79 Å². The van der Waals surface area contributed by atoms with Crippen LogP contribution in [-0.2, 0) is 17.0 Å². The van der Waals surface area contributed by atoms with Crippen LogP contribution in [0.1, 0.15) is 26.3 Å². The van der Waals surface area contributed by atoms with E-state index in [2.05, 4.69) is 25.8 Å². The number of hydrogen-bond donors (Lipinski definition) is 0. The van der Waals surface area contributed by atoms with Crippen molar-refractivity contribution in [1.29, 1.82) is 0 Å². The Labute approximate surface area is 119 Å². The van der Waals surface area contributed by atoms with E-state index in [1.54, 1.807) is 26.4 Å². The molecule has 0 unspecified atom stereocenters. The molecule has 1 aromatic carbocycles. The first-order valence-electron chi connectivity index (χ1n) is 6.58. The number of benzene rings is 1. The van der Waals surface area contributed by atoms with Gasteiger partial charge in [0, 0.05) is 12.4 Å². The monoisotopic (exact) mass is 292 g/mol. The standard InChI is InChI=1S/C15H21N2O2P/c1-15(2,3)11-8-7-10-12(13(11)20(5,6)19)16-9-17(4)14(10)18/h7-9H,1-6H3. The summed E-state index contributed by atoms with van der Waals surface area (Å²) in [4.78, 5) is 16.6. The van der Waals surface area contributed by atoms with Crippen molar-refractivity contribution in [1.82, 2.24) is 9.55 Å². The van der Waals surface area contributed by atoms with Crippen molar-refractivity contribution >= 4 is 23.3 Å². The molecule has 1 heterocycles. The third-order valence-corrected chi connectivity index (χ3v) is 4.94. The molecule has 0 aliphatic heterocycles. The third-order valence-electron chi connectivity index (χ3n) is 3.41. The van der Waals surface area contributed by atoms with E-state index in [4.69, 9.17) is 0 Å². The second kappa shape index (κ2) is 4.56. The van der Waals surface area contributed by atoms with Crippen molar-refractivity contribution in [3.63, 3.8) is 0 Å². The quantitative estimate of drug-likeness (QED) is 0.759. The fraction of sp³-hybridized carbons (Fsp3) is 0.467. The van der Waals surface area contributed by atoms with Crippen molar-refractivity contribution < 1.29 is 4.57 Å². The maximum Gasteiger partial charge on any atom is 0.260 e. The highest BCUT2D eigenvalue weighted by molar-refractivity contribution is 7.70. The van der Waals surface area contributed by atoms with Gasteiger partial charge in [-0.1, -0.05) is 26.8 Å². The largest absolute Gasteiger partial charge is 0.319 e. The molecule has 0 aliphatic rings. The minimum absolute atomic E-state index is 0.106. The van der Waals surface area contributed by atoms with E-state index >= 15 is 0 Å². The highest BCUT2D eigenvalue weighted by Crippen LogP contribution is 2.41. The summed E-state index contributed by atoms with van der Waals surface area (Å²) in [5, 5.41) is 1.27. The smallest absolute Gasteiger partial charge is 0.260 e. The molecular formula is C15H21N2O2P. The normalized spacial score (nSPS) is 12.9. The van der Waals surface area contributed by atoms with Crippen molar-refractivity contribution in [2.24, 2.45) is 7.05 Å². The van der Waals surface area contributed by atoms with E-state index in [1.165, 1.54) is 10.9 Å². The van der Waals surface area contributed by atoms with Gasteiger partial charge < -0.3 is 9.13 Å². The topological polar surface area (TPSA) is 52.0 Å². The Kier molecular flexibility index (Phi) is 3.42. The molecule has 0 bridgehead atoms. The number of rotatable bonds is 1. The molecule has 0 atom stereocenters. The average molecular weight is 292 g/mol. The lowest BCUT2D eigenvalue weighted by Crippen LogP contribution is -2.27. The zero-order valence-corrected chi connectivity index (χ0v) is 13.8. The van der Waals surface area contributed by atoms with Gasteiger partial charge >= 0.3 is 0 Å². The lowest BCUT2D eigenvalue weighted by molar-refractivity contribution is 0.580. The van der Waals surface area contributed by atoms with E-state index < -0.39 is 7.14 Å². The molecule has 1 aromatic heterocycles. The van der Waals surface area contributed by atoms with E-state index in [0.29, 0.717) is 10.9 Å². The second-order valence-electron chi connectivity index (χ2n) is 6.62. The van der Waals surface area contributed by atoms with Crippen LogP contribution in [0.3, 0.4) is 0 Å². The molecule has 0 fully saturated rings. The molecule has 4 nitrogen and oxygen atoms in total. The SMILES string of the molecule is Cn1cnc2c(P(C)(C)=O)c(C(C)(C)C)ccc2c1=O. The van der Waals surface area contributed by atoms with Crippen LogP contribution in [0.25, 0.3) is 10.9 Å². The Balaban J connectivity index is 3.05. The summed E-state index contributed by atoms with van der Waals surface area (Å²) in [5.74, 6) is 0. The summed E-state index contributed by atoms with van der Waals surface area (Å²) in [6, 6.07) is 3.71. The minimum Gasteiger partial charge on any atom is -0.319 e. The number of aromatic nitrogens is 2. The second-order valence-corrected chi connectivity index (χ2v) is 9.77. The van der Waals surface area contributed by atoms with Crippen molar-refractivity contribution in [2.45, 2.75) is 26.2 Å². The maximum atomic E-state index is 12.7. The Morgan fingerprint density at radius 3 is 2.30 bits per heavy atom. The first-order valence-corrected chi connectivity index (χ1v) is 9.18. The molecule has 0 saturated carbocycles. The van der Waals surface area contributed by atoms with E-state index in [1.807, 2.05) is 6.07 Å². The number of aryl methyl sites for hydroxylation is 1. The molecular weight excluding hydrogens is 271 g/mol. The molecule has 0 amide bonds. The minimum atomic E-state index is -2.54. The van der Waals surface area contributed by atoms with Crippen LogP contribution in [0.15, 0.2) is 23.3 Å². The summed E-state index contributed by atoms with van der Waals surface area (Å²) in [6.45, 7) is 9.70. The van der Waals surface area contributed by atoms with Crippen LogP contribution >= 0.6 is 7.14 Å². The summed E-state index contributed by atoms with van der Waals surface area (Å²) in [7, 11) is -0.873. The Morgan fingerprint density at radius 1 is 1.20 bits per heavy atom. The molecule has 0 saturated heterocycles. The first-order chi connectivity index (χ1) is 9.03. The van der Waals surface area contributed by atoms with Gasteiger partial charge in [0.1, 0.15) is 7.14 Å². The molecule has 2 rings (SSSR count). The Hall–Kier alpha value is -1.41. The van der Waals surface area contributed by atoms with Gasteiger partial charge in [0.05, 0.1) is 17.2 Å². The van der Waals surface area contributed by atoms with Crippen LogP contribution in [-0.4, -0.2) is 22.9 Å². The summed E-state index contributed by atoms with van der Waals surface area (Å²) >= 11 is 0. The lowest BCUT2D eigenvalue weighted by Gasteiger charge is -2.25. The lowest BCUT2D eigenvalue weighted by atomic mass is 9.86. The molecule has 0 N–H and O–H groups in total. The van der Waals surface area contributed by atoms with Gasteiger partial charge in [-0.05, 0) is 30.4 Å². The van der Waals surface area contributed by atoms with Crippen LogP contribution in [0.5, 0.6) is 0 Å². The third kappa shape index (κ3) is 2.45. The average Bonchev–Trinajstić information content (AvgIpc) is 2.30. The van der Waals surface area contributed by atoms with Crippen molar-refractivity contribution in [3.05, 3.63) is 34.4 Å². The fourth-order valence-corrected chi connectivity index (χ4v) is 4.10. The molecule has 108 valence electrons. The van der Waals surface area contributed by atoms with Gasteiger partial charge in [0.15, 0.2) is 0 Å². The summed E-state index contributed by atoms with van der Waals surface area (Å²) in [5.41, 5.74) is 1.33. The molecule has 2 aromatic rings. The molecule has 0 aliphatic carbocycles. The summed E-state index contributed by atoms with van der Waals surface area (Å²) < 4.78 is 14.2. The van der Waals surface area contributed by atoms with Crippen molar-refractivity contribution in [2.75, 3.05) is 13.3 Å². The van der Waals surface area contributed by atoms with Crippen LogP contribution in [0, 0.1) is 0 Å². The number of fused-ring (bicyclic) bond motifs is 1. The maximum absolute atomic E-state index is 12.7. The van der Waals surface area contributed by atoms with E-state index in [-0.39, 0.29) is 11.0 Å². The van der Waals surface area contributed by atoms with Crippen molar-refractivity contribution in [3.8, 4) is 0 Å².